The lowest BCUT2D eigenvalue weighted by Gasteiger charge is -2.41. The van der Waals surface area contributed by atoms with Crippen LogP contribution in [0.25, 0.3) is 0 Å². The number of rotatable bonds is 7. The van der Waals surface area contributed by atoms with E-state index in [0.717, 1.165) is 24.7 Å². The molecule has 1 aliphatic carbocycles. The molecule has 1 aromatic heterocycles. The Hall–Kier alpha value is -1.78. The topological polar surface area (TPSA) is 19.4 Å². The van der Waals surface area contributed by atoms with E-state index in [1.165, 1.54) is 63.6 Å². The molecule has 2 aliphatic rings. The van der Waals surface area contributed by atoms with E-state index < -0.39 is 0 Å². The number of hydrogen-bond donors (Lipinski definition) is 0. The fourth-order valence-electron chi connectivity index (χ4n) is 5.19. The zero-order chi connectivity index (χ0) is 19.9. The number of halogens is 1. The average molecular weight is 396 g/mol. The molecular weight excluding hydrogens is 361 g/mol. The first-order valence-corrected chi connectivity index (χ1v) is 11.4. The van der Waals surface area contributed by atoms with Crippen molar-refractivity contribution in [1.29, 1.82) is 0 Å². The van der Waals surface area contributed by atoms with Gasteiger partial charge in [-0.2, -0.15) is 0 Å². The summed E-state index contributed by atoms with van der Waals surface area (Å²) in [6.45, 7) is 4.96. The third-order valence-corrected chi connectivity index (χ3v) is 6.64. The van der Waals surface area contributed by atoms with Crippen molar-refractivity contribution in [1.82, 2.24) is 14.8 Å². The summed E-state index contributed by atoms with van der Waals surface area (Å²) in [5, 5.41) is 0. The Morgan fingerprint density at radius 1 is 0.966 bits per heavy atom. The molecule has 0 amide bonds. The van der Waals surface area contributed by atoms with Gasteiger partial charge < -0.3 is 4.90 Å². The molecular formula is C25H34FN3. The molecule has 3 nitrogen and oxygen atoms in total. The molecule has 1 aliphatic heterocycles. The van der Waals surface area contributed by atoms with Gasteiger partial charge in [0.05, 0.1) is 0 Å². The molecule has 2 fully saturated rings. The normalized spacial score (nSPS) is 21.5. The Morgan fingerprint density at radius 2 is 1.83 bits per heavy atom. The highest BCUT2D eigenvalue weighted by Crippen LogP contribution is 2.28. The molecule has 156 valence electrons. The minimum Gasteiger partial charge on any atom is -0.300 e. The largest absolute Gasteiger partial charge is 0.300 e. The Bertz CT molecular complexity index is 745. The fraction of sp³-hybridized carbons (Fsp3) is 0.560. The maximum atomic E-state index is 14.3. The number of piperidine rings is 1. The van der Waals surface area contributed by atoms with Crippen LogP contribution in [0.3, 0.4) is 0 Å². The number of pyridine rings is 1. The Morgan fingerprint density at radius 3 is 2.62 bits per heavy atom. The van der Waals surface area contributed by atoms with E-state index in [4.69, 9.17) is 0 Å². The summed E-state index contributed by atoms with van der Waals surface area (Å²) in [5.41, 5.74) is 1.99. The van der Waals surface area contributed by atoms with Crippen LogP contribution in [0.15, 0.2) is 48.8 Å². The maximum Gasteiger partial charge on any atom is 0.127 e. The lowest BCUT2D eigenvalue weighted by molar-refractivity contribution is 0.0769. The summed E-state index contributed by atoms with van der Waals surface area (Å²) < 4.78 is 14.3. The molecule has 2 heterocycles. The molecule has 0 N–H and O–H groups in total. The molecule has 4 heteroatoms. The standard InChI is InChI=1S/C25H34FN3/c26-25-13-5-4-10-23(25)20-28(17-21-8-6-14-27-16-21)18-22-9-7-15-29(19-22)24-11-2-1-3-12-24/h4-6,8,10,13-14,16,22,24H,1-3,7,9,11-12,15,17-20H2/t22-/m1/s1. The smallest absolute Gasteiger partial charge is 0.127 e. The van der Waals surface area contributed by atoms with Crippen molar-refractivity contribution in [2.75, 3.05) is 19.6 Å². The van der Waals surface area contributed by atoms with Gasteiger partial charge in [-0.25, -0.2) is 4.39 Å². The summed E-state index contributed by atoms with van der Waals surface area (Å²) in [7, 11) is 0. The number of aromatic nitrogens is 1. The van der Waals surface area contributed by atoms with Crippen molar-refractivity contribution in [3.8, 4) is 0 Å². The molecule has 0 radical (unpaired) electrons. The van der Waals surface area contributed by atoms with Crippen molar-refractivity contribution in [3.05, 3.63) is 65.7 Å². The SMILES string of the molecule is Fc1ccccc1CN(Cc1cccnc1)C[C@H]1CCCN(C2CCCCC2)C1. The molecule has 0 unspecified atom stereocenters. The second-order valence-corrected chi connectivity index (χ2v) is 8.92. The molecule has 1 atom stereocenters. The molecule has 1 saturated heterocycles. The molecule has 1 saturated carbocycles. The quantitative estimate of drug-likeness (QED) is 0.637. The van der Waals surface area contributed by atoms with Gasteiger partial charge in [0.1, 0.15) is 5.82 Å². The summed E-state index contributed by atoms with van der Waals surface area (Å²) in [5.74, 6) is 0.560. The first kappa shape index (κ1) is 20.5. The van der Waals surface area contributed by atoms with E-state index in [2.05, 4.69) is 20.9 Å². The summed E-state index contributed by atoms with van der Waals surface area (Å²) in [6.07, 6.45) is 13.3. The minimum absolute atomic E-state index is 0.101. The molecule has 2 aromatic rings. The zero-order valence-corrected chi connectivity index (χ0v) is 17.5. The molecule has 0 spiro atoms. The predicted octanol–water partition coefficient (Wildman–Crippen LogP) is 5.27. The van der Waals surface area contributed by atoms with Gasteiger partial charge in [-0.15, -0.1) is 0 Å². The van der Waals surface area contributed by atoms with Gasteiger partial charge in [0.15, 0.2) is 0 Å². The Balaban J connectivity index is 1.43. The van der Waals surface area contributed by atoms with Gasteiger partial charge in [0, 0.05) is 50.2 Å². The van der Waals surface area contributed by atoms with Crippen LogP contribution in [0.4, 0.5) is 4.39 Å². The summed E-state index contributed by atoms with van der Waals surface area (Å²) >= 11 is 0. The average Bonchev–Trinajstić information content (AvgIpc) is 2.77. The summed E-state index contributed by atoms with van der Waals surface area (Å²) in [4.78, 5) is 9.46. The van der Waals surface area contributed by atoms with Gasteiger partial charge in [0.25, 0.3) is 0 Å². The molecule has 0 bridgehead atoms. The first-order chi connectivity index (χ1) is 14.3. The van der Waals surface area contributed by atoms with E-state index in [1.54, 1.807) is 12.1 Å². The zero-order valence-electron chi connectivity index (χ0n) is 17.5. The van der Waals surface area contributed by atoms with E-state index in [1.807, 2.05) is 30.6 Å². The van der Waals surface area contributed by atoms with Crippen LogP contribution in [0.1, 0.15) is 56.1 Å². The fourth-order valence-corrected chi connectivity index (χ4v) is 5.19. The third kappa shape index (κ3) is 5.86. The van der Waals surface area contributed by atoms with E-state index in [-0.39, 0.29) is 5.82 Å². The predicted molar refractivity (Wildman–Crippen MR) is 116 cm³/mol. The van der Waals surface area contributed by atoms with Crippen molar-refractivity contribution < 1.29 is 4.39 Å². The lowest BCUT2D eigenvalue weighted by Crippen LogP contribution is -2.46. The highest BCUT2D eigenvalue weighted by atomic mass is 19.1. The number of likely N-dealkylation sites (tertiary alicyclic amines) is 1. The van der Waals surface area contributed by atoms with E-state index >= 15 is 0 Å². The summed E-state index contributed by atoms with van der Waals surface area (Å²) in [6, 6.07) is 12.1. The van der Waals surface area contributed by atoms with Crippen LogP contribution in [-0.4, -0.2) is 40.5 Å². The third-order valence-electron chi connectivity index (χ3n) is 6.64. The van der Waals surface area contributed by atoms with Gasteiger partial charge >= 0.3 is 0 Å². The monoisotopic (exact) mass is 395 g/mol. The number of nitrogens with zero attached hydrogens (tertiary/aromatic N) is 3. The lowest BCUT2D eigenvalue weighted by atomic mass is 9.90. The molecule has 29 heavy (non-hydrogen) atoms. The van der Waals surface area contributed by atoms with Gasteiger partial charge in [-0.1, -0.05) is 43.5 Å². The molecule has 4 rings (SSSR count). The van der Waals surface area contributed by atoms with E-state index in [9.17, 15) is 4.39 Å². The second kappa shape index (κ2) is 10.3. The van der Waals surface area contributed by atoms with Crippen molar-refractivity contribution in [3.63, 3.8) is 0 Å². The Labute approximate surface area is 174 Å². The van der Waals surface area contributed by atoms with Gasteiger partial charge in [-0.05, 0) is 55.8 Å². The van der Waals surface area contributed by atoms with Crippen molar-refractivity contribution >= 4 is 0 Å². The van der Waals surface area contributed by atoms with Crippen LogP contribution >= 0.6 is 0 Å². The van der Waals surface area contributed by atoms with Crippen molar-refractivity contribution in [2.45, 2.75) is 64.1 Å². The van der Waals surface area contributed by atoms with Crippen LogP contribution in [0.2, 0.25) is 0 Å². The highest BCUT2D eigenvalue weighted by Gasteiger charge is 2.28. The minimum atomic E-state index is -0.101. The molecule has 1 aromatic carbocycles. The van der Waals surface area contributed by atoms with E-state index in [0.29, 0.717) is 12.5 Å². The first-order valence-electron chi connectivity index (χ1n) is 11.4. The van der Waals surface area contributed by atoms with Crippen LogP contribution < -0.4 is 0 Å². The van der Waals surface area contributed by atoms with Crippen molar-refractivity contribution in [2.24, 2.45) is 5.92 Å². The van der Waals surface area contributed by atoms with Gasteiger partial charge in [-0.3, -0.25) is 9.88 Å². The van der Waals surface area contributed by atoms with Crippen LogP contribution in [0, 0.1) is 11.7 Å². The van der Waals surface area contributed by atoms with Crippen LogP contribution in [0.5, 0.6) is 0 Å². The Kier molecular flexibility index (Phi) is 7.28. The maximum absolute atomic E-state index is 14.3. The number of benzene rings is 1. The van der Waals surface area contributed by atoms with Gasteiger partial charge in [0.2, 0.25) is 0 Å². The second-order valence-electron chi connectivity index (χ2n) is 8.92. The number of hydrogen-bond acceptors (Lipinski definition) is 3. The van der Waals surface area contributed by atoms with Crippen LogP contribution in [-0.2, 0) is 13.1 Å². The highest BCUT2D eigenvalue weighted by molar-refractivity contribution is 5.17.